The number of hydrogen-bond acceptors (Lipinski definition) is 5. The molecule has 0 radical (unpaired) electrons. The molecule has 0 spiro atoms. The van der Waals surface area contributed by atoms with Crippen molar-refractivity contribution in [2.75, 3.05) is 0 Å². The average molecular weight is 307 g/mol. The van der Waals surface area contributed by atoms with Crippen LogP contribution in [-0.4, -0.2) is 33.2 Å². The summed E-state index contributed by atoms with van der Waals surface area (Å²) < 4.78 is 5.12. The van der Waals surface area contributed by atoms with Crippen LogP contribution in [0, 0.1) is 0 Å². The molecule has 0 saturated heterocycles. The second kappa shape index (κ2) is 7.72. The van der Waals surface area contributed by atoms with Gasteiger partial charge in [0.1, 0.15) is 6.04 Å². The second-order valence-electron chi connectivity index (χ2n) is 5.44. The number of aromatic nitrogens is 2. The van der Waals surface area contributed by atoms with Crippen molar-refractivity contribution in [3.63, 3.8) is 0 Å². The van der Waals surface area contributed by atoms with Crippen LogP contribution in [0.5, 0.6) is 0 Å². The maximum absolute atomic E-state index is 11.8. The fourth-order valence-electron chi connectivity index (χ4n) is 2.04. The molecule has 1 aliphatic carbocycles. The number of aryl methyl sites for hydroxylation is 1. The van der Waals surface area contributed by atoms with Crippen molar-refractivity contribution in [2.24, 2.45) is 0 Å². The highest BCUT2D eigenvalue weighted by Gasteiger charge is 2.28. The van der Waals surface area contributed by atoms with Gasteiger partial charge < -0.3 is 14.9 Å². The van der Waals surface area contributed by atoms with Crippen LogP contribution in [0.25, 0.3) is 0 Å². The van der Waals surface area contributed by atoms with Crippen molar-refractivity contribution in [1.29, 1.82) is 0 Å². The first-order valence-electron chi connectivity index (χ1n) is 7.56. The monoisotopic (exact) mass is 307 g/mol. The number of carboxylic acids is 1. The standard InChI is InChI=1S/C15H21N3O4/c1-2-3-5-11(15(20)21)16-12(19)6-4-7-13-17-14(18-22-13)10-8-9-10/h2-3,10-11H,4-9H2,1H3,(H,16,19)(H,20,21)/b3-2+. The number of carboxylic acid groups (broad SMARTS) is 1. The highest BCUT2D eigenvalue weighted by molar-refractivity contribution is 5.83. The van der Waals surface area contributed by atoms with Gasteiger partial charge in [-0.05, 0) is 32.6 Å². The van der Waals surface area contributed by atoms with Crippen molar-refractivity contribution in [2.45, 2.75) is 57.4 Å². The minimum Gasteiger partial charge on any atom is -0.480 e. The number of carbonyl (C=O) groups excluding carboxylic acids is 1. The van der Waals surface area contributed by atoms with Gasteiger partial charge in [-0.1, -0.05) is 17.3 Å². The van der Waals surface area contributed by atoms with Crippen LogP contribution in [0.4, 0.5) is 0 Å². The fourth-order valence-corrected chi connectivity index (χ4v) is 2.04. The summed E-state index contributed by atoms with van der Waals surface area (Å²) in [6, 6.07) is -0.881. The molecule has 7 nitrogen and oxygen atoms in total. The minimum absolute atomic E-state index is 0.237. The Labute approximate surface area is 128 Å². The van der Waals surface area contributed by atoms with Gasteiger partial charge in [-0.3, -0.25) is 4.79 Å². The summed E-state index contributed by atoms with van der Waals surface area (Å²) in [6.45, 7) is 1.81. The normalized spacial score (nSPS) is 15.9. The summed E-state index contributed by atoms with van der Waals surface area (Å²) in [4.78, 5) is 27.1. The van der Waals surface area contributed by atoms with E-state index < -0.39 is 12.0 Å². The Morgan fingerprint density at radius 3 is 2.91 bits per heavy atom. The number of allylic oxidation sites excluding steroid dienone is 1. The molecule has 0 aliphatic heterocycles. The molecule has 7 heteroatoms. The zero-order valence-electron chi connectivity index (χ0n) is 12.6. The Balaban J connectivity index is 1.70. The van der Waals surface area contributed by atoms with Gasteiger partial charge in [0.2, 0.25) is 11.8 Å². The number of rotatable bonds is 9. The van der Waals surface area contributed by atoms with Crippen molar-refractivity contribution in [3.05, 3.63) is 23.9 Å². The lowest BCUT2D eigenvalue weighted by Crippen LogP contribution is -2.40. The lowest BCUT2D eigenvalue weighted by atomic mass is 10.1. The third-order valence-electron chi connectivity index (χ3n) is 3.46. The molecule has 0 aromatic carbocycles. The van der Waals surface area contributed by atoms with E-state index in [4.69, 9.17) is 9.63 Å². The van der Waals surface area contributed by atoms with E-state index >= 15 is 0 Å². The van der Waals surface area contributed by atoms with E-state index in [-0.39, 0.29) is 18.7 Å². The maximum Gasteiger partial charge on any atom is 0.326 e. The zero-order chi connectivity index (χ0) is 15.9. The summed E-state index contributed by atoms with van der Waals surface area (Å²) in [7, 11) is 0. The van der Waals surface area contributed by atoms with Gasteiger partial charge in [0.05, 0.1) is 0 Å². The zero-order valence-corrected chi connectivity index (χ0v) is 12.6. The van der Waals surface area contributed by atoms with E-state index in [1.165, 1.54) is 0 Å². The van der Waals surface area contributed by atoms with Gasteiger partial charge >= 0.3 is 5.97 Å². The molecule has 22 heavy (non-hydrogen) atoms. The van der Waals surface area contributed by atoms with E-state index in [2.05, 4.69) is 15.5 Å². The number of nitrogens with zero attached hydrogens (tertiary/aromatic N) is 2. The second-order valence-corrected chi connectivity index (χ2v) is 5.44. The average Bonchev–Trinajstić information content (AvgIpc) is 3.23. The van der Waals surface area contributed by atoms with Crippen molar-refractivity contribution >= 4 is 11.9 Å². The number of aliphatic carboxylic acids is 1. The van der Waals surface area contributed by atoms with E-state index in [0.29, 0.717) is 24.7 Å². The van der Waals surface area contributed by atoms with Crippen LogP contribution in [0.15, 0.2) is 16.7 Å². The Bertz CT molecular complexity index is 549. The third-order valence-corrected chi connectivity index (χ3v) is 3.46. The largest absolute Gasteiger partial charge is 0.480 e. The van der Waals surface area contributed by atoms with Crippen LogP contribution >= 0.6 is 0 Å². The maximum atomic E-state index is 11.8. The lowest BCUT2D eigenvalue weighted by molar-refractivity contribution is -0.141. The minimum atomic E-state index is -1.03. The van der Waals surface area contributed by atoms with Gasteiger partial charge in [-0.25, -0.2) is 4.79 Å². The predicted molar refractivity (Wildman–Crippen MR) is 78.2 cm³/mol. The molecule has 1 heterocycles. The third kappa shape index (κ3) is 4.98. The van der Waals surface area contributed by atoms with Crippen LogP contribution < -0.4 is 5.32 Å². The quantitative estimate of drug-likeness (QED) is 0.674. The van der Waals surface area contributed by atoms with Crippen LogP contribution in [0.2, 0.25) is 0 Å². The first-order valence-corrected chi connectivity index (χ1v) is 7.56. The van der Waals surface area contributed by atoms with Crippen LogP contribution in [0.3, 0.4) is 0 Å². The fraction of sp³-hybridized carbons (Fsp3) is 0.600. The Morgan fingerprint density at radius 1 is 1.50 bits per heavy atom. The van der Waals surface area contributed by atoms with Gasteiger partial charge in [0.25, 0.3) is 0 Å². The van der Waals surface area contributed by atoms with E-state index in [0.717, 1.165) is 18.7 Å². The molecule has 1 atom stereocenters. The highest BCUT2D eigenvalue weighted by Crippen LogP contribution is 2.38. The van der Waals surface area contributed by atoms with E-state index in [1.54, 1.807) is 19.1 Å². The molecule has 1 unspecified atom stereocenters. The van der Waals surface area contributed by atoms with Crippen molar-refractivity contribution in [1.82, 2.24) is 15.5 Å². The van der Waals surface area contributed by atoms with Gasteiger partial charge in [-0.15, -0.1) is 0 Å². The molecule has 1 fully saturated rings. The molecule has 1 aromatic rings. The van der Waals surface area contributed by atoms with Crippen LogP contribution in [0.1, 0.15) is 56.7 Å². The van der Waals surface area contributed by atoms with Crippen molar-refractivity contribution < 1.29 is 19.2 Å². The van der Waals surface area contributed by atoms with Gasteiger partial charge in [0.15, 0.2) is 5.82 Å². The summed E-state index contributed by atoms with van der Waals surface area (Å²) in [5.41, 5.74) is 0. The molecule has 2 N–H and O–H groups in total. The predicted octanol–water partition coefficient (Wildman–Crippen LogP) is 1.81. The molecule has 1 amide bonds. The first kappa shape index (κ1) is 16.2. The van der Waals surface area contributed by atoms with Crippen LogP contribution in [-0.2, 0) is 16.0 Å². The molecular formula is C15H21N3O4. The summed E-state index contributed by atoms with van der Waals surface area (Å²) in [5, 5.41) is 15.5. The van der Waals surface area contributed by atoms with E-state index in [1.807, 2.05) is 0 Å². The Hall–Kier alpha value is -2.18. The molecule has 1 aliphatic rings. The molecule has 120 valence electrons. The molecule has 0 bridgehead atoms. The summed E-state index contributed by atoms with van der Waals surface area (Å²) in [5.74, 6) is 0.440. The molecular weight excluding hydrogens is 286 g/mol. The number of carbonyl (C=O) groups is 2. The number of amides is 1. The lowest BCUT2D eigenvalue weighted by Gasteiger charge is -2.12. The Morgan fingerprint density at radius 2 is 2.27 bits per heavy atom. The highest BCUT2D eigenvalue weighted by atomic mass is 16.5. The molecule has 1 saturated carbocycles. The topological polar surface area (TPSA) is 105 Å². The van der Waals surface area contributed by atoms with Crippen molar-refractivity contribution in [3.8, 4) is 0 Å². The summed E-state index contributed by atoms with van der Waals surface area (Å²) >= 11 is 0. The number of nitrogens with one attached hydrogen (secondary N) is 1. The number of hydrogen-bond donors (Lipinski definition) is 2. The Kier molecular flexibility index (Phi) is 5.68. The molecule has 1 aromatic heterocycles. The summed E-state index contributed by atoms with van der Waals surface area (Å²) in [6.07, 6.45) is 7.31. The van der Waals surface area contributed by atoms with E-state index in [9.17, 15) is 9.59 Å². The van der Waals surface area contributed by atoms with Gasteiger partial charge in [0, 0.05) is 18.8 Å². The smallest absolute Gasteiger partial charge is 0.326 e. The first-order chi connectivity index (χ1) is 10.6. The SMILES string of the molecule is C/C=C/CC(NC(=O)CCCc1nc(C2CC2)no1)C(=O)O. The van der Waals surface area contributed by atoms with Gasteiger partial charge in [-0.2, -0.15) is 4.98 Å². The molecule has 2 rings (SSSR count).